The lowest BCUT2D eigenvalue weighted by Crippen LogP contribution is -2.47. The lowest BCUT2D eigenvalue weighted by molar-refractivity contribution is -0.126. The van der Waals surface area contributed by atoms with Gasteiger partial charge in [-0.05, 0) is 31.4 Å². The van der Waals surface area contributed by atoms with E-state index >= 15 is 0 Å². The van der Waals surface area contributed by atoms with Gasteiger partial charge in [-0.25, -0.2) is 16.8 Å². The van der Waals surface area contributed by atoms with Crippen LogP contribution in [0, 0.1) is 5.92 Å². The molecule has 0 unspecified atom stereocenters. The van der Waals surface area contributed by atoms with Crippen LogP contribution in [0.5, 0.6) is 0 Å². The summed E-state index contributed by atoms with van der Waals surface area (Å²) in [6.45, 7) is 0.402. The van der Waals surface area contributed by atoms with Gasteiger partial charge in [0, 0.05) is 19.1 Å². The summed E-state index contributed by atoms with van der Waals surface area (Å²) in [5.41, 5.74) is 0.870. The zero-order valence-electron chi connectivity index (χ0n) is 14.9. The molecule has 12 heteroatoms. The van der Waals surface area contributed by atoms with Crippen molar-refractivity contribution >= 4 is 48.5 Å². The fraction of sp³-hybridized carbons (Fsp3) is 0.562. The van der Waals surface area contributed by atoms with Crippen molar-refractivity contribution in [2.45, 2.75) is 30.2 Å². The van der Waals surface area contributed by atoms with E-state index in [-0.39, 0.29) is 34.9 Å². The van der Waals surface area contributed by atoms with Crippen molar-refractivity contribution in [1.29, 1.82) is 0 Å². The quantitative estimate of drug-likeness (QED) is 0.723. The Bertz CT molecular complexity index is 1110. The maximum Gasteiger partial charge on any atom is 0.245 e. The molecule has 9 nitrogen and oxygen atoms in total. The molecule has 2 fully saturated rings. The number of aromatic nitrogens is 2. The molecule has 2 saturated heterocycles. The molecule has 2 atom stereocenters. The highest BCUT2D eigenvalue weighted by atomic mass is 32.2. The third-order valence-electron chi connectivity index (χ3n) is 5.20. The van der Waals surface area contributed by atoms with Crippen LogP contribution in [0.2, 0.25) is 0 Å². The Balaban J connectivity index is 1.50. The predicted octanol–water partition coefficient (Wildman–Crippen LogP) is 0.395. The Morgan fingerprint density at radius 1 is 1.25 bits per heavy atom. The van der Waals surface area contributed by atoms with Crippen LogP contribution in [0.4, 0.5) is 0 Å². The molecule has 2 aliphatic rings. The summed E-state index contributed by atoms with van der Waals surface area (Å²) in [7, 11) is -6.90. The number of sulfone groups is 1. The fourth-order valence-corrected chi connectivity index (χ4v) is 7.68. The maximum atomic E-state index is 13.1. The van der Waals surface area contributed by atoms with Crippen LogP contribution in [0.3, 0.4) is 0 Å². The summed E-state index contributed by atoms with van der Waals surface area (Å²) in [6, 6.07) is 4.46. The van der Waals surface area contributed by atoms with Crippen molar-refractivity contribution in [2.24, 2.45) is 5.92 Å². The first-order valence-electron chi connectivity index (χ1n) is 8.98. The first-order valence-corrected chi connectivity index (χ1v) is 13.0. The fourth-order valence-electron chi connectivity index (χ4n) is 3.73. The van der Waals surface area contributed by atoms with Crippen molar-refractivity contribution in [1.82, 2.24) is 18.4 Å². The van der Waals surface area contributed by atoms with E-state index in [9.17, 15) is 21.6 Å². The molecule has 0 spiro atoms. The Morgan fingerprint density at radius 2 is 2.07 bits per heavy atom. The van der Waals surface area contributed by atoms with E-state index in [1.54, 1.807) is 12.1 Å². The van der Waals surface area contributed by atoms with E-state index in [2.05, 4.69) is 14.1 Å². The highest BCUT2D eigenvalue weighted by Gasteiger charge is 2.36. The van der Waals surface area contributed by atoms with E-state index in [0.29, 0.717) is 36.8 Å². The minimum atomic E-state index is -3.81. The highest BCUT2D eigenvalue weighted by molar-refractivity contribution is 7.91. The minimum absolute atomic E-state index is 0.0493. The van der Waals surface area contributed by atoms with Gasteiger partial charge in [-0.1, -0.05) is 6.07 Å². The second-order valence-corrected chi connectivity index (χ2v) is 11.9. The number of amides is 1. The molecule has 1 aromatic carbocycles. The molecule has 0 saturated carbocycles. The first-order chi connectivity index (χ1) is 13.3. The van der Waals surface area contributed by atoms with Gasteiger partial charge in [0.15, 0.2) is 9.84 Å². The molecule has 0 radical (unpaired) electrons. The monoisotopic (exact) mass is 444 g/mol. The molecule has 4 rings (SSSR count). The number of piperidine rings is 1. The van der Waals surface area contributed by atoms with Gasteiger partial charge in [0.05, 0.1) is 29.2 Å². The van der Waals surface area contributed by atoms with Crippen LogP contribution >= 0.6 is 11.7 Å². The summed E-state index contributed by atoms with van der Waals surface area (Å²) in [5, 5.41) is 2.78. The predicted molar refractivity (Wildman–Crippen MR) is 104 cm³/mol. The molecule has 3 heterocycles. The summed E-state index contributed by atoms with van der Waals surface area (Å²) in [5.74, 6) is -0.753. The molecule has 2 aliphatic heterocycles. The van der Waals surface area contributed by atoms with Crippen LogP contribution < -0.4 is 5.32 Å². The van der Waals surface area contributed by atoms with Crippen LogP contribution in [-0.4, -0.2) is 66.4 Å². The highest BCUT2D eigenvalue weighted by Crippen LogP contribution is 2.28. The van der Waals surface area contributed by atoms with E-state index in [1.807, 2.05) is 0 Å². The molecule has 1 amide bonds. The number of hydrogen-bond donors (Lipinski definition) is 1. The molecule has 0 bridgehead atoms. The Kier molecular flexibility index (Phi) is 5.14. The van der Waals surface area contributed by atoms with Crippen LogP contribution in [0.1, 0.15) is 19.3 Å². The lowest BCUT2D eigenvalue weighted by Gasteiger charge is -2.31. The smallest absolute Gasteiger partial charge is 0.245 e. The number of rotatable bonds is 4. The van der Waals surface area contributed by atoms with Gasteiger partial charge < -0.3 is 5.32 Å². The third kappa shape index (κ3) is 3.78. The molecule has 28 heavy (non-hydrogen) atoms. The molecular formula is C16H20N4O5S3. The summed E-state index contributed by atoms with van der Waals surface area (Å²) < 4.78 is 59.0. The Labute approximate surface area is 167 Å². The SMILES string of the molecule is O=C(N[C@@H]1CCS(=O)(=O)C1)[C@@H]1CCCN(S(=O)(=O)c2cccc3nsnc23)C1. The molecule has 2 aromatic rings. The van der Waals surface area contributed by atoms with Gasteiger partial charge in [-0.15, -0.1) is 0 Å². The summed E-state index contributed by atoms with van der Waals surface area (Å²) >= 11 is 0.957. The Morgan fingerprint density at radius 3 is 2.82 bits per heavy atom. The number of carbonyl (C=O) groups excluding carboxylic acids is 1. The summed E-state index contributed by atoms with van der Waals surface area (Å²) in [6.07, 6.45) is 1.53. The second kappa shape index (κ2) is 7.32. The van der Waals surface area contributed by atoms with Crippen molar-refractivity contribution in [2.75, 3.05) is 24.6 Å². The first kappa shape index (κ1) is 19.7. The van der Waals surface area contributed by atoms with Gasteiger partial charge in [-0.2, -0.15) is 13.1 Å². The zero-order chi connectivity index (χ0) is 19.9. The van der Waals surface area contributed by atoms with Crippen molar-refractivity contribution in [3.8, 4) is 0 Å². The number of nitrogens with zero attached hydrogens (tertiary/aromatic N) is 3. The molecular weight excluding hydrogens is 424 g/mol. The van der Waals surface area contributed by atoms with Gasteiger partial charge >= 0.3 is 0 Å². The Hall–Kier alpha value is -1.63. The van der Waals surface area contributed by atoms with Crippen molar-refractivity contribution in [3.63, 3.8) is 0 Å². The average Bonchev–Trinajstić information content (AvgIpc) is 3.27. The summed E-state index contributed by atoms with van der Waals surface area (Å²) in [4.78, 5) is 12.7. The normalized spacial score (nSPS) is 25.7. The van der Waals surface area contributed by atoms with Gasteiger partial charge in [0.25, 0.3) is 0 Å². The molecule has 1 N–H and O–H groups in total. The maximum absolute atomic E-state index is 13.1. The standard InChI is InChI=1S/C16H20N4O5S3/c21-16(17-12-6-8-27(22,23)10-12)11-3-2-7-20(9-11)28(24,25)14-5-1-4-13-15(14)19-26-18-13/h1,4-5,11-12H,2-3,6-10H2,(H,17,21)/t11-,12-/m1/s1. The molecule has 152 valence electrons. The van der Waals surface area contributed by atoms with E-state index in [1.165, 1.54) is 10.4 Å². The van der Waals surface area contributed by atoms with Crippen LogP contribution in [0.15, 0.2) is 23.1 Å². The lowest BCUT2D eigenvalue weighted by atomic mass is 9.98. The number of hydrogen-bond acceptors (Lipinski definition) is 8. The number of sulfonamides is 1. The molecule has 1 aromatic heterocycles. The second-order valence-electron chi connectivity index (χ2n) is 7.20. The van der Waals surface area contributed by atoms with Gasteiger partial charge in [-0.3, -0.25) is 4.79 Å². The minimum Gasteiger partial charge on any atom is -0.352 e. The largest absolute Gasteiger partial charge is 0.352 e. The zero-order valence-corrected chi connectivity index (χ0v) is 17.4. The van der Waals surface area contributed by atoms with E-state index < -0.39 is 25.8 Å². The van der Waals surface area contributed by atoms with Gasteiger partial charge in [0.2, 0.25) is 15.9 Å². The van der Waals surface area contributed by atoms with Crippen molar-refractivity contribution in [3.05, 3.63) is 18.2 Å². The average molecular weight is 445 g/mol. The number of fused-ring (bicyclic) bond motifs is 1. The van der Waals surface area contributed by atoms with E-state index in [4.69, 9.17) is 0 Å². The van der Waals surface area contributed by atoms with E-state index in [0.717, 1.165) is 11.7 Å². The van der Waals surface area contributed by atoms with Gasteiger partial charge in [0.1, 0.15) is 15.9 Å². The topological polar surface area (TPSA) is 126 Å². The molecule has 0 aliphatic carbocycles. The van der Waals surface area contributed by atoms with Crippen LogP contribution in [0.25, 0.3) is 11.0 Å². The number of carbonyl (C=O) groups is 1. The van der Waals surface area contributed by atoms with Crippen LogP contribution in [-0.2, 0) is 24.7 Å². The van der Waals surface area contributed by atoms with Crippen molar-refractivity contribution < 1.29 is 21.6 Å². The number of nitrogens with one attached hydrogen (secondary N) is 1. The third-order valence-corrected chi connectivity index (χ3v) is 9.41. The number of benzene rings is 1.